The summed E-state index contributed by atoms with van der Waals surface area (Å²) >= 11 is 0. The van der Waals surface area contributed by atoms with Gasteiger partial charge in [-0.25, -0.2) is 10.5 Å². The summed E-state index contributed by atoms with van der Waals surface area (Å²) < 4.78 is 5.12. The molecule has 0 bridgehead atoms. The monoisotopic (exact) mass is 471 g/mol. The summed E-state index contributed by atoms with van der Waals surface area (Å²) in [4.78, 5) is 38.3. The van der Waals surface area contributed by atoms with E-state index in [1.165, 1.54) is 25.5 Å². The fourth-order valence-corrected chi connectivity index (χ4v) is 3.41. The first-order chi connectivity index (χ1) is 17.0. The number of nitrogens with zero attached hydrogens (tertiary/aromatic N) is 2. The van der Waals surface area contributed by atoms with Gasteiger partial charge >= 0.3 is 0 Å². The van der Waals surface area contributed by atoms with Gasteiger partial charge < -0.3 is 15.2 Å². The normalized spacial score (nSPS) is 11.8. The van der Waals surface area contributed by atoms with Gasteiger partial charge in [0.1, 0.15) is 17.2 Å². The number of H-pyrrole nitrogens is 1. The van der Waals surface area contributed by atoms with Crippen molar-refractivity contribution in [1.29, 1.82) is 0 Å². The van der Waals surface area contributed by atoms with Crippen LogP contribution < -0.4 is 21.0 Å². The molecule has 0 saturated heterocycles. The summed E-state index contributed by atoms with van der Waals surface area (Å²) in [7, 11) is 1.48. The molecule has 3 aromatic carbocycles. The second kappa shape index (κ2) is 10.3. The summed E-state index contributed by atoms with van der Waals surface area (Å²) in [6.07, 6.45) is 1.24. The van der Waals surface area contributed by atoms with Crippen molar-refractivity contribution >= 4 is 28.8 Å². The highest BCUT2D eigenvalue weighted by molar-refractivity contribution is 5.99. The number of hydrogen-bond donors (Lipinski definition) is 4. The second-order valence-electron chi connectivity index (χ2n) is 7.42. The number of hydrogen-bond acceptors (Lipinski definition) is 7. The van der Waals surface area contributed by atoms with E-state index >= 15 is 0 Å². The van der Waals surface area contributed by atoms with Crippen molar-refractivity contribution in [2.45, 2.75) is 6.04 Å². The first-order valence-electron chi connectivity index (χ1n) is 10.5. The zero-order valence-electron chi connectivity index (χ0n) is 18.6. The molecule has 0 aliphatic carbocycles. The number of aromatic hydroxyl groups is 1. The van der Waals surface area contributed by atoms with E-state index in [0.717, 1.165) is 0 Å². The van der Waals surface area contributed by atoms with Gasteiger partial charge in [0.05, 0.1) is 18.7 Å². The molecule has 0 fully saturated rings. The van der Waals surface area contributed by atoms with Crippen LogP contribution in [0.15, 0.2) is 82.7 Å². The molecule has 4 N–H and O–H groups in total. The zero-order valence-corrected chi connectivity index (χ0v) is 18.6. The van der Waals surface area contributed by atoms with Gasteiger partial charge in [0.15, 0.2) is 6.04 Å². The van der Waals surface area contributed by atoms with E-state index in [1.54, 1.807) is 60.7 Å². The molecule has 176 valence electrons. The van der Waals surface area contributed by atoms with Crippen LogP contribution in [0.5, 0.6) is 11.5 Å². The number of rotatable bonds is 7. The molecule has 10 heteroatoms. The number of amides is 2. The van der Waals surface area contributed by atoms with Gasteiger partial charge in [0.25, 0.3) is 17.4 Å². The lowest BCUT2D eigenvalue weighted by molar-refractivity contribution is -0.123. The van der Waals surface area contributed by atoms with Gasteiger partial charge in [0, 0.05) is 16.5 Å². The van der Waals surface area contributed by atoms with Crippen LogP contribution in [0.1, 0.15) is 27.7 Å². The molecule has 35 heavy (non-hydrogen) atoms. The molecule has 0 spiro atoms. The number of benzene rings is 3. The molecule has 2 amide bonds. The number of aromatic amines is 1. The Morgan fingerprint density at radius 2 is 1.77 bits per heavy atom. The van der Waals surface area contributed by atoms with Crippen molar-refractivity contribution in [3.05, 3.63) is 100.0 Å². The van der Waals surface area contributed by atoms with Crippen molar-refractivity contribution in [1.82, 2.24) is 20.9 Å². The molecule has 0 aliphatic rings. The number of phenolic OH excluding ortho intramolecular Hbond substituents is 1. The number of carbonyl (C=O) groups is 2. The number of ether oxygens (including phenoxy) is 1. The first-order valence-corrected chi connectivity index (χ1v) is 10.5. The number of phenols is 1. The topological polar surface area (TPSA) is 146 Å². The average molecular weight is 471 g/mol. The van der Waals surface area contributed by atoms with Gasteiger partial charge in [-0.1, -0.05) is 36.4 Å². The Labute approximate surface area is 199 Å². The third-order valence-electron chi connectivity index (χ3n) is 5.19. The van der Waals surface area contributed by atoms with E-state index in [-0.39, 0.29) is 11.4 Å². The third-order valence-corrected chi connectivity index (χ3v) is 5.19. The Balaban J connectivity index is 1.67. The zero-order chi connectivity index (χ0) is 24.8. The minimum Gasteiger partial charge on any atom is -0.507 e. The molecule has 10 nitrogen and oxygen atoms in total. The lowest BCUT2D eigenvalue weighted by Gasteiger charge is -2.18. The molecule has 0 saturated carbocycles. The Bertz CT molecular complexity index is 1470. The van der Waals surface area contributed by atoms with Crippen molar-refractivity contribution < 1.29 is 19.4 Å². The van der Waals surface area contributed by atoms with E-state index in [4.69, 9.17) is 4.74 Å². The van der Waals surface area contributed by atoms with Crippen LogP contribution in [0, 0.1) is 0 Å². The molecular weight excluding hydrogens is 450 g/mol. The first kappa shape index (κ1) is 23.2. The Morgan fingerprint density at radius 1 is 1.06 bits per heavy atom. The predicted octanol–water partition coefficient (Wildman–Crippen LogP) is 2.26. The highest BCUT2D eigenvalue weighted by Crippen LogP contribution is 2.22. The standard InChI is InChI=1S/C25H21N5O5/c1-35-17-11-12-20(31)16(13-17)14-26-29-25(34)22(27-23(32)15-7-3-2-4-8-15)21-18-9-5-6-10-19(18)24(33)30-28-21/h2-14,22,31H,1H3,(H,27,32)(H,29,34)(H,30,33)/b26-14+. The highest BCUT2D eigenvalue weighted by Gasteiger charge is 2.27. The molecule has 1 heterocycles. The molecule has 4 aromatic rings. The largest absolute Gasteiger partial charge is 0.507 e. The lowest BCUT2D eigenvalue weighted by atomic mass is 10.0. The molecule has 1 atom stereocenters. The van der Waals surface area contributed by atoms with Gasteiger partial charge in [-0.2, -0.15) is 10.2 Å². The van der Waals surface area contributed by atoms with Crippen LogP contribution in [-0.4, -0.2) is 40.4 Å². The van der Waals surface area contributed by atoms with Crippen molar-refractivity contribution in [3.63, 3.8) is 0 Å². The van der Waals surface area contributed by atoms with Gasteiger partial charge in [-0.05, 0) is 36.4 Å². The molecule has 1 unspecified atom stereocenters. The maximum Gasteiger partial charge on any atom is 0.272 e. The van der Waals surface area contributed by atoms with E-state index in [1.807, 2.05) is 0 Å². The van der Waals surface area contributed by atoms with Crippen molar-refractivity contribution in [2.24, 2.45) is 5.10 Å². The molecule has 1 aromatic heterocycles. The smallest absolute Gasteiger partial charge is 0.272 e. The third kappa shape index (κ3) is 5.17. The number of nitrogens with one attached hydrogen (secondary N) is 3. The fourth-order valence-electron chi connectivity index (χ4n) is 3.41. The molecule has 4 rings (SSSR count). The van der Waals surface area contributed by atoms with Gasteiger partial charge in [-0.15, -0.1) is 0 Å². The Hall–Kier alpha value is -4.99. The summed E-state index contributed by atoms with van der Waals surface area (Å²) in [6, 6.07) is 18.2. The number of fused-ring (bicyclic) bond motifs is 1. The minimum atomic E-state index is -1.29. The molecular formula is C25H21N5O5. The number of methoxy groups -OCH3 is 1. The number of carbonyl (C=O) groups excluding carboxylic acids is 2. The second-order valence-corrected chi connectivity index (χ2v) is 7.42. The Morgan fingerprint density at radius 3 is 2.51 bits per heavy atom. The predicted molar refractivity (Wildman–Crippen MR) is 129 cm³/mol. The summed E-state index contributed by atoms with van der Waals surface area (Å²) in [5.41, 5.74) is 2.72. The van der Waals surface area contributed by atoms with Crippen LogP contribution in [-0.2, 0) is 4.79 Å². The Kier molecular flexibility index (Phi) is 6.82. The van der Waals surface area contributed by atoms with Gasteiger partial charge in [0.2, 0.25) is 0 Å². The number of hydrazone groups is 1. The van der Waals surface area contributed by atoms with Crippen molar-refractivity contribution in [2.75, 3.05) is 7.11 Å². The van der Waals surface area contributed by atoms with Crippen LogP contribution in [0.4, 0.5) is 0 Å². The van der Waals surface area contributed by atoms with E-state index in [0.29, 0.717) is 27.6 Å². The van der Waals surface area contributed by atoms with E-state index in [2.05, 4.69) is 26.0 Å². The number of aromatic nitrogens is 2. The summed E-state index contributed by atoms with van der Waals surface area (Å²) in [5, 5.41) is 23.7. The van der Waals surface area contributed by atoms with Crippen molar-refractivity contribution in [3.8, 4) is 11.5 Å². The van der Waals surface area contributed by atoms with Crippen LogP contribution in [0.25, 0.3) is 10.8 Å². The van der Waals surface area contributed by atoms with Crippen LogP contribution in [0.3, 0.4) is 0 Å². The molecule has 0 aliphatic heterocycles. The van der Waals surface area contributed by atoms with Crippen LogP contribution in [0.2, 0.25) is 0 Å². The van der Waals surface area contributed by atoms with Gasteiger partial charge in [-0.3, -0.25) is 14.4 Å². The van der Waals surface area contributed by atoms with E-state index in [9.17, 15) is 19.5 Å². The van der Waals surface area contributed by atoms with E-state index < -0.39 is 23.4 Å². The lowest BCUT2D eigenvalue weighted by Crippen LogP contribution is -2.40. The summed E-state index contributed by atoms with van der Waals surface area (Å²) in [6.45, 7) is 0. The maximum absolute atomic E-state index is 13.2. The summed E-state index contributed by atoms with van der Waals surface area (Å²) in [5.74, 6) is -0.798. The SMILES string of the molecule is COc1ccc(O)c(/C=N/NC(=O)C(NC(=O)c2ccccc2)c2n[nH]c(=O)c3ccccc23)c1. The fraction of sp³-hybridized carbons (Fsp3) is 0.0800. The minimum absolute atomic E-state index is 0.0639. The average Bonchev–Trinajstić information content (AvgIpc) is 2.89. The highest BCUT2D eigenvalue weighted by atomic mass is 16.5. The molecule has 0 radical (unpaired) electrons. The van der Waals surface area contributed by atoms with Crippen LogP contribution >= 0.6 is 0 Å². The maximum atomic E-state index is 13.2. The quantitative estimate of drug-likeness (QED) is 0.240.